The average Bonchev–Trinajstić information content (AvgIpc) is 3.23. The number of aliphatic carboxylic acids is 1. The van der Waals surface area contributed by atoms with E-state index in [9.17, 15) is 14.7 Å². The summed E-state index contributed by atoms with van der Waals surface area (Å²) in [5.74, 6) is -0.978. The van der Waals surface area contributed by atoms with E-state index in [4.69, 9.17) is 4.74 Å². The first-order valence-electron chi connectivity index (χ1n) is 8.51. The first-order valence-corrected chi connectivity index (χ1v) is 8.51. The molecular formula is C20H19NO4. The van der Waals surface area contributed by atoms with Gasteiger partial charge in [-0.2, -0.15) is 0 Å². The van der Waals surface area contributed by atoms with E-state index in [1.54, 1.807) is 0 Å². The van der Waals surface area contributed by atoms with Gasteiger partial charge in [-0.15, -0.1) is 0 Å². The minimum atomic E-state index is -0.967. The van der Waals surface area contributed by atoms with Crippen LogP contribution in [0.5, 0.6) is 0 Å². The molecule has 5 nitrogen and oxygen atoms in total. The maximum Gasteiger partial charge on any atom is 0.410 e. The summed E-state index contributed by atoms with van der Waals surface area (Å²) < 4.78 is 5.53. The number of benzene rings is 2. The number of carboxylic acids is 1. The van der Waals surface area contributed by atoms with Crippen LogP contribution in [0.15, 0.2) is 48.5 Å². The fraction of sp³-hybridized carbons (Fsp3) is 0.300. The molecule has 0 saturated carbocycles. The molecule has 2 aliphatic rings. The number of amides is 1. The summed E-state index contributed by atoms with van der Waals surface area (Å²) in [7, 11) is 0. The Morgan fingerprint density at radius 3 is 2.24 bits per heavy atom. The number of fused-ring (bicyclic) bond motifs is 3. The van der Waals surface area contributed by atoms with Crippen LogP contribution in [-0.4, -0.2) is 41.3 Å². The molecule has 2 aromatic carbocycles. The zero-order valence-corrected chi connectivity index (χ0v) is 13.7. The van der Waals surface area contributed by atoms with Crippen molar-refractivity contribution < 1.29 is 19.4 Å². The lowest BCUT2D eigenvalue weighted by Crippen LogP contribution is -2.41. The Morgan fingerprint density at radius 1 is 1.04 bits per heavy atom. The molecule has 0 radical (unpaired) electrons. The normalized spacial score (nSPS) is 18.7. The van der Waals surface area contributed by atoms with Crippen LogP contribution in [0.1, 0.15) is 29.9 Å². The molecule has 0 bridgehead atoms. The van der Waals surface area contributed by atoms with Gasteiger partial charge < -0.3 is 9.84 Å². The Hall–Kier alpha value is -2.82. The van der Waals surface area contributed by atoms with E-state index >= 15 is 0 Å². The van der Waals surface area contributed by atoms with Crippen molar-refractivity contribution in [2.45, 2.75) is 24.8 Å². The molecule has 1 atom stereocenters. The Balaban J connectivity index is 1.53. The third-order valence-electron chi connectivity index (χ3n) is 5.11. The zero-order chi connectivity index (χ0) is 17.4. The van der Waals surface area contributed by atoms with Crippen LogP contribution in [-0.2, 0) is 9.53 Å². The molecule has 2 aromatic rings. The average molecular weight is 338 g/mol. The minimum Gasteiger partial charge on any atom is -0.480 e. The summed E-state index contributed by atoms with van der Waals surface area (Å²) in [6, 6.07) is 15.5. The quantitative estimate of drug-likeness (QED) is 0.870. The summed E-state index contributed by atoms with van der Waals surface area (Å²) in [5.41, 5.74) is 4.63. The molecule has 1 fully saturated rings. The van der Waals surface area contributed by atoms with Crippen LogP contribution in [0.25, 0.3) is 11.1 Å². The van der Waals surface area contributed by atoms with Gasteiger partial charge in [0.05, 0.1) is 0 Å². The summed E-state index contributed by atoms with van der Waals surface area (Å²) >= 11 is 0. The molecule has 4 rings (SSSR count). The highest BCUT2D eigenvalue weighted by atomic mass is 16.6. The number of hydrogen-bond donors (Lipinski definition) is 1. The number of carboxylic acid groups (broad SMARTS) is 1. The molecule has 5 heteroatoms. The lowest BCUT2D eigenvalue weighted by atomic mass is 9.98. The predicted molar refractivity (Wildman–Crippen MR) is 92.4 cm³/mol. The number of rotatable bonds is 3. The second-order valence-corrected chi connectivity index (χ2v) is 6.49. The Morgan fingerprint density at radius 2 is 1.64 bits per heavy atom. The Bertz CT molecular complexity index is 786. The van der Waals surface area contributed by atoms with Gasteiger partial charge in [0.15, 0.2) is 0 Å². The van der Waals surface area contributed by atoms with Crippen molar-refractivity contribution in [3.63, 3.8) is 0 Å². The first-order chi connectivity index (χ1) is 12.2. The van der Waals surface area contributed by atoms with E-state index in [-0.39, 0.29) is 12.5 Å². The maximum atomic E-state index is 12.4. The van der Waals surface area contributed by atoms with Crippen molar-refractivity contribution in [3.8, 4) is 11.1 Å². The van der Waals surface area contributed by atoms with E-state index < -0.39 is 18.1 Å². The standard InChI is InChI=1S/C20H19NO4/c22-19(23)18-10-5-11-21(18)20(24)25-12-17-15-8-3-1-6-13(15)14-7-2-4-9-16(14)17/h1-4,6-9,17-18H,5,10-12H2,(H,22,23)/t18-/m0/s1/i21+1. The molecular weight excluding hydrogens is 319 g/mol. The Labute approximate surface area is 145 Å². The molecule has 0 unspecified atom stereocenters. The first kappa shape index (κ1) is 15.7. The third-order valence-corrected chi connectivity index (χ3v) is 5.11. The van der Waals surface area contributed by atoms with Crippen LogP contribution in [0.4, 0.5) is 4.79 Å². The largest absolute Gasteiger partial charge is 0.480 e. The van der Waals surface area contributed by atoms with Gasteiger partial charge in [-0.3, -0.25) is 4.90 Å². The van der Waals surface area contributed by atoms with Gasteiger partial charge in [-0.25, -0.2) is 9.59 Å². The highest BCUT2D eigenvalue weighted by Crippen LogP contribution is 2.44. The molecule has 1 N–H and O–H groups in total. The molecule has 128 valence electrons. The minimum absolute atomic E-state index is 0.0118. The van der Waals surface area contributed by atoms with E-state index in [1.807, 2.05) is 24.3 Å². The molecule has 1 aliphatic carbocycles. The van der Waals surface area contributed by atoms with E-state index in [1.165, 1.54) is 16.0 Å². The fourth-order valence-electron chi connectivity index (χ4n) is 3.92. The molecule has 0 spiro atoms. The summed E-state index contributed by atoms with van der Waals surface area (Å²) in [6.45, 7) is 0.656. The SMILES string of the molecule is O=C(O)[C@@H]1CCC[15N]1C(=O)OCC1c2ccccc2-c2ccccc21. The van der Waals surface area contributed by atoms with E-state index in [0.29, 0.717) is 19.4 Å². The molecule has 1 aliphatic heterocycles. The topological polar surface area (TPSA) is 66.8 Å². The van der Waals surface area contributed by atoms with Crippen molar-refractivity contribution >= 4 is 12.1 Å². The van der Waals surface area contributed by atoms with Gasteiger partial charge in [0.1, 0.15) is 12.6 Å². The second kappa shape index (κ2) is 6.24. The number of nitrogens with zero attached hydrogens (tertiary/aromatic N) is 1. The van der Waals surface area contributed by atoms with Crippen LogP contribution >= 0.6 is 0 Å². The number of carbonyl (C=O) groups is 2. The van der Waals surface area contributed by atoms with Gasteiger partial charge in [0.25, 0.3) is 0 Å². The smallest absolute Gasteiger partial charge is 0.410 e. The van der Waals surface area contributed by atoms with Crippen molar-refractivity contribution in [1.29, 1.82) is 0 Å². The molecule has 1 saturated heterocycles. The van der Waals surface area contributed by atoms with Gasteiger partial charge >= 0.3 is 12.1 Å². The lowest BCUT2D eigenvalue weighted by molar-refractivity contribution is -0.141. The number of hydrogen-bond acceptors (Lipinski definition) is 3. The van der Waals surface area contributed by atoms with E-state index in [0.717, 1.165) is 11.1 Å². The van der Waals surface area contributed by atoms with Crippen molar-refractivity contribution in [1.82, 2.24) is 4.90 Å². The zero-order valence-electron chi connectivity index (χ0n) is 13.7. The third kappa shape index (κ3) is 2.65. The number of carbonyl (C=O) groups excluding carboxylic acids is 1. The van der Waals surface area contributed by atoms with Crippen LogP contribution < -0.4 is 0 Å². The molecule has 25 heavy (non-hydrogen) atoms. The second-order valence-electron chi connectivity index (χ2n) is 6.49. The predicted octanol–water partition coefficient (Wildman–Crippen LogP) is 3.48. The number of ether oxygens (including phenoxy) is 1. The Kier molecular flexibility index (Phi) is 3.92. The number of likely N-dealkylation sites (tertiary alicyclic amines) is 1. The van der Waals surface area contributed by atoms with Crippen LogP contribution in [0, 0.1) is 0 Å². The fourth-order valence-corrected chi connectivity index (χ4v) is 3.92. The molecule has 1 heterocycles. The van der Waals surface area contributed by atoms with Crippen molar-refractivity contribution in [2.24, 2.45) is 0 Å². The molecule has 0 aromatic heterocycles. The highest BCUT2D eigenvalue weighted by Gasteiger charge is 2.36. The summed E-state index contributed by atoms with van der Waals surface area (Å²) in [4.78, 5) is 25.0. The maximum absolute atomic E-state index is 12.4. The van der Waals surface area contributed by atoms with Gasteiger partial charge in [-0.05, 0) is 35.1 Å². The van der Waals surface area contributed by atoms with Crippen LogP contribution in [0.3, 0.4) is 0 Å². The monoisotopic (exact) mass is 338 g/mol. The summed E-state index contributed by atoms with van der Waals surface area (Å²) in [5, 5.41) is 9.22. The lowest BCUT2D eigenvalue weighted by Gasteiger charge is -2.22. The van der Waals surface area contributed by atoms with Gasteiger partial charge in [0.2, 0.25) is 0 Å². The summed E-state index contributed by atoms with van der Waals surface area (Å²) in [6.07, 6.45) is 0.646. The van der Waals surface area contributed by atoms with Crippen molar-refractivity contribution in [2.75, 3.05) is 13.2 Å². The molecule has 1 amide bonds. The van der Waals surface area contributed by atoms with Crippen LogP contribution in [0.2, 0.25) is 0 Å². The highest BCUT2D eigenvalue weighted by molar-refractivity contribution is 5.81. The van der Waals surface area contributed by atoms with E-state index in [2.05, 4.69) is 24.3 Å². The van der Waals surface area contributed by atoms with Crippen molar-refractivity contribution in [3.05, 3.63) is 59.7 Å². The van der Waals surface area contributed by atoms with Gasteiger partial charge in [0, 0.05) is 12.5 Å². The van der Waals surface area contributed by atoms with Gasteiger partial charge in [-0.1, -0.05) is 48.5 Å².